The van der Waals surface area contributed by atoms with Gasteiger partial charge >= 0.3 is 12.0 Å². The summed E-state index contributed by atoms with van der Waals surface area (Å²) >= 11 is 0. The van der Waals surface area contributed by atoms with Gasteiger partial charge in [0.15, 0.2) is 0 Å². The average molecular weight is 306 g/mol. The summed E-state index contributed by atoms with van der Waals surface area (Å²) < 4.78 is 5.41. The standard InChI is InChI=1S/C16H22N2O4/c1-2-7-16(8-9-22-11-16)18-15(21)17-10-12-3-5-13(6-4-12)14(19)20/h3-6H,2,7-11H2,1H3,(H,19,20)(H2,17,18,21). The lowest BCUT2D eigenvalue weighted by atomic mass is 9.93. The van der Waals surface area contributed by atoms with Gasteiger partial charge in [0, 0.05) is 13.2 Å². The van der Waals surface area contributed by atoms with Crippen molar-refractivity contribution < 1.29 is 19.4 Å². The third-order valence-electron chi connectivity index (χ3n) is 3.86. The van der Waals surface area contributed by atoms with E-state index in [1.54, 1.807) is 12.1 Å². The van der Waals surface area contributed by atoms with Crippen molar-refractivity contribution in [1.29, 1.82) is 0 Å². The quantitative estimate of drug-likeness (QED) is 0.751. The van der Waals surface area contributed by atoms with E-state index < -0.39 is 5.97 Å². The van der Waals surface area contributed by atoms with Crippen molar-refractivity contribution in [2.45, 2.75) is 38.3 Å². The number of ether oxygens (including phenoxy) is 1. The van der Waals surface area contributed by atoms with Gasteiger partial charge in [0.25, 0.3) is 0 Å². The first-order valence-corrected chi connectivity index (χ1v) is 7.51. The summed E-state index contributed by atoms with van der Waals surface area (Å²) in [4.78, 5) is 22.8. The average Bonchev–Trinajstić information content (AvgIpc) is 2.94. The molecule has 120 valence electrons. The summed E-state index contributed by atoms with van der Waals surface area (Å²) in [6.07, 6.45) is 2.72. The van der Waals surface area contributed by atoms with Crippen LogP contribution in [-0.4, -0.2) is 35.9 Å². The maximum absolute atomic E-state index is 12.1. The molecule has 22 heavy (non-hydrogen) atoms. The molecule has 1 atom stereocenters. The van der Waals surface area contributed by atoms with Crippen molar-refractivity contribution in [3.05, 3.63) is 35.4 Å². The van der Waals surface area contributed by atoms with Gasteiger partial charge in [-0.1, -0.05) is 25.5 Å². The Bertz CT molecular complexity index is 521. The van der Waals surface area contributed by atoms with Crippen LogP contribution in [0.4, 0.5) is 4.79 Å². The molecule has 1 aliphatic heterocycles. The van der Waals surface area contributed by atoms with E-state index in [1.165, 1.54) is 12.1 Å². The van der Waals surface area contributed by atoms with Crippen LogP contribution in [0.1, 0.15) is 42.1 Å². The maximum atomic E-state index is 12.1. The minimum Gasteiger partial charge on any atom is -0.478 e. The molecule has 1 saturated heterocycles. The fourth-order valence-corrected chi connectivity index (χ4v) is 2.68. The topological polar surface area (TPSA) is 87.7 Å². The number of carboxylic acid groups (broad SMARTS) is 1. The Hall–Kier alpha value is -2.08. The SMILES string of the molecule is CCCC1(NC(=O)NCc2ccc(C(=O)O)cc2)CCOC1. The van der Waals surface area contributed by atoms with Crippen LogP contribution in [0, 0.1) is 0 Å². The van der Waals surface area contributed by atoms with Crippen LogP contribution >= 0.6 is 0 Å². The largest absolute Gasteiger partial charge is 0.478 e. The summed E-state index contributed by atoms with van der Waals surface area (Å²) in [7, 11) is 0. The van der Waals surface area contributed by atoms with Crippen molar-refractivity contribution in [2.24, 2.45) is 0 Å². The van der Waals surface area contributed by atoms with Crippen molar-refractivity contribution >= 4 is 12.0 Å². The van der Waals surface area contributed by atoms with Crippen LogP contribution in [0.5, 0.6) is 0 Å². The van der Waals surface area contributed by atoms with E-state index in [0.29, 0.717) is 19.8 Å². The zero-order valence-corrected chi connectivity index (χ0v) is 12.7. The van der Waals surface area contributed by atoms with Gasteiger partial charge in [-0.05, 0) is 30.5 Å². The fourth-order valence-electron chi connectivity index (χ4n) is 2.68. The predicted molar refractivity (Wildman–Crippen MR) is 81.8 cm³/mol. The number of carbonyl (C=O) groups excluding carboxylic acids is 1. The molecule has 0 aromatic heterocycles. The van der Waals surface area contributed by atoms with Crippen LogP contribution in [-0.2, 0) is 11.3 Å². The van der Waals surface area contributed by atoms with Crippen LogP contribution in [0.3, 0.4) is 0 Å². The zero-order valence-electron chi connectivity index (χ0n) is 12.7. The van der Waals surface area contributed by atoms with Gasteiger partial charge in [-0.25, -0.2) is 9.59 Å². The zero-order chi connectivity index (χ0) is 16.0. The molecule has 1 aromatic rings. The van der Waals surface area contributed by atoms with Crippen LogP contribution in [0.25, 0.3) is 0 Å². The van der Waals surface area contributed by atoms with Crippen LogP contribution in [0.15, 0.2) is 24.3 Å². The van der Waals surface area contributed by atoms with Crippen molar-refractivity contribution in [3.63, 3.8) is 0 Å². The lowest BCUT2D eigenvalue weighted by molar-refractivity contribution is 0.0697. The maximum Gasteiger partial charge on any atom is 0.335 e. The third kappa shape index (κ3) is 4.21. The second-order valence-electron chi connectivity index (χ2n) is 5.64. The molecule has 1 heterocycles. The predicted octanol–water partition coefficient (Wildman–Crippen LogP) is 2.14. The summed E-state index contributed by atoms with van der Waals surface area (Å²) in [5.74, 6) is -0.958. The van der Waals surface area contributed by atoms with E-state index in [1.807, 2.05) is 0 Å². The Kier molecular flexibility index (Phi) is 5.38. The molecule has 6 heteroatoms. The molecule has 0 saturated carbocycles. The summed E-state index contributed by atoms with van der Waals surface area (Å²) in [5.41, 5.74) is 0.831. The number of hydrogen-bond acceptors (Lipinski definition) is 3. The van der Waals surface area contributed by atoms with E-state index >= 15 is 0 Å². The summed E-state index contributed by atoms with van der Waals surface area (Å²) in [5, 5.41) is 14.7. The molecular weight excluding hydrogens is 284 g/mol. The van der Waals surface area contributed by atoms with Gasteiger partial charge in [0.2, 0.25) is 0 Å². The normalized spacial score (nSPS) is 20.6. The fraction of sp³-hybridized carbons (Fsp3) is 0.500. The highest BCUT2D eigenvalue weighted by atomic mass is 16.5. The molecule has 0 spiro atoms. The number of carbonyl (C=O) groups is 2. The second-order valence-corrected chi connectivity index (χ2v) is 5.64. The Morgan fingerprint density at radius 1 is 1.32 bits per heavy atom. The number of benzene rings is 1. The molecule has 1 aliphatic rings. The van der Waals surface area contributed by atoms with Gasteiger partial charge in [-0.2, -0.15) is 0 Å². The Balaban J connectivity index is 1.85. The summed E-state index contributed by atoms with van der Waals surface area (Å²) in [6.45, 7) is 3.68. The monoisotopic (exact) mass is 306 g/mol. The van der Waals surface area contributed by atoms with Crippen molar-refractivity contribution in [3.8, 4) is 0 Å². The minimum atomic E-state index is -0.958. The third-order valence-corrected chi connectivity index (χ3v) is 3.86. The van der Waals surface area contributed by atoms with Gasteiger partial charge in [-0.15, -0.1) is 0 Å². The van der Waals surface area contributed by atoms with E-state index in [4.69, 9.17) is 9.84 Å². The summed E-state index contributed by atoms with van der Waals surface area (Å²) in [6, 6.07) is 6.23. The molecule has 0 bridgehead atoms. The number of rotatable bonds is 6. The van der Waals surface area contributed by atoms with Crippen molar-refractivity contribution in [1.82, 2.24) is 10.6 Å². The molecule has 2 amide bonds. The molecule has 2 rings (SSSR count). The number of amides is 2. The highest BCUT2D eigenvalue weighted by molar-refractivity contribution is 5.87. The minimum absolute atomic E-state index is 0.221. The molecule has 1 unspecified atom stereocenters. The first-order valence-electron chi connectivity index (χ1n) is 7.51. The lowest BCUT2D eigenvalue weighted by Gasteiger charge is -2.28. The highest BCUT2D eigenvalue weighted by Gasteiger charge is 2.35. The van der Waals surface area contributed by atoms with E-state index in [-0.39, 0.29) is 17.1 Å². The lowest BCUT2D eigenvalue weighted by Crippen LogP contribution is -2.52. The Morgan fingerprint density at radius 3 is 2.59 bits per heavy atom. The first kappa shape index (κ1) is 16.3. The number of aromatic carboxylic acids is 1. The Labute approximate surface area is 129 Å². The molecule has 1 fully saturated rings. The first-order chi connectivity index (χ1) is 10.5. The van der Waals surface area contributed by atoms with Gasteiger partial charge < -0.3 is 20.5 Å². The molecule has 1 aromatic carbocycles. The van der Waals surface area contributed by atoms with Gasteiger partial charge in [0.1, 0.15) is 0 Å². The smallest absolute Gasteiger partial charge is 0.335 e. The molecule has 0 aliphatic carbocycles. The second kappa shape index (κ2) is 7.26. The molecule has 0 radical (unpaired) electrons. The van der Waals surface area contributed by atoms with Crippen molar-refractivity contribution in [2.75, 3.05) is 13.2 Å². The van der Waals surface area contributed by atoms with Crippen LogP contribution in [0.2, 0.25) is 0 Å². The highest BCUT2D eigenvalue weighted by Crippen LogP contribution is 2.23. The number of urea groups is 1. The molecule has 6 nitrogen and oxygen atoms in total. The van der Waals surface area contributed by atoms with Crippen LogP contribution < -0.4 is 10.6 Å². The number of hydrogen-bond donors (Lipinski definition) is 3. The number of nitrogens with one attached hydrogen (secondary N) is 2. The van der Waals surface area contributed by atoms with Gasteiger partial charge in [0.05, 0.1) is 17.7 Å². The number of carboxylic acids is 1. The van der Waals surface area contributed by atoms with E-state index in [0.717, 1.165) is 24.8 Å². The van der Waals surface area contributed by atoms with Gasteiger partial charge in [-0.3, -0.25) is 0 Å². The molecule has 3 N–H and O–H groups in total. The Morgan fingerprint density at radius 2 is 2.05 bits per heavy atom. The van der Waals surface area contributed by atoms with E-state index in [9.17, 15) is 9.59 Å². The molecular formula is C16H22N2O4. The van der Waals surface area contributed by atoms with E-state index in [2.05, 4.69) is 17.6 Å².